The van der Waals surface area contributed by atoms with Crippen LogP contribution in [0.3, 0.4) is 0 Å². The fourth-order valence-corrected chi connectivity index (χ4v) is 1.64. The lowest BCUT2D eigenvalue weighted by atomic mass is 9.99. The van der Waals surface area contributed by atoms with Gasteiger partial charge in [-0.3, -0.25) is 0 Å². The van der Waals surface area contributed by atoms with Crippen LogP contribution in [0, 0.1) is 5.92 Å². The normalized spacial score (nSPS) is 14.2. The van der Waals surface area contributed by atoms with Gasteiger partial charge in [0.05, 0.1) is 0 Å². The van der Waals surface area contributed by atoms with Gasteiger partial charge in [-0.25, -0.2) is 9.59 Å². The van der Waals surface area contributed by atoms with Crippen molar-refractivity contribution >= 4 is 12.0 Å². The van der Waals surface area contributed by atoms with Crippen molar-refractivity contribution in [2.45, 2.75) is 53.1 Å². The molecule has 0 saturated heterocycles. The van der Waals surface area contributed by atoms with Crippen molar-refractivity contribution in [1.29, 1.82) is 0 Å². The van der Waals surface area contributed by atoms with Crippen molar-refractivity contribution < 1.29 is 14.7 Å². The number of carboxylic acids is 1. The number of amides is 2. The van der Waals surface area contributed by atoms with Crippen LogP contribution in [-0.2, 0) is 4.79 Å². The standard InChI is InChI=1S/C12H24N2O3/c1-6-9(5)10(11(15)16)13-12(17)14(7-2)8(3)4/h8-10H,6-7H2,1-5H3,(H,13,17)(H,15,16). The Morgan fingerprint density at radius 2 is 1.76 bits per heavy atom. The summed E-state index contributed by atoms with van der Waals surface area (Å²) in [5.41, 5.74) is 0. The summed E-state index contributed by atoms with van der Waals surface area (Å²) in [6.07, 6.45) is 0.713. The second kappa shape index (κ2) is 7.14. The Kier molecular flexibility index (Phi) is 6.61. The fraction of sp³-hybridized carbons (Fsp3) is 0.833. The molecule has 0 aliphatic carbocycles. The maximum atomic E-state index is 11.9. The van der Waals surface area contributed by atoms with Crippen molar-refractivity contribution in [3.05, 3.63) is 0 Å². The third-order valence-electron chi connectivity index (χ3n) is 2.98. The van der Waals surface area contributed by atoms with Crippen LogP contribution < -0.4 is 5.32 Å². The van der Waals surface area contributed by atoms with E-state index in [4.69, 9.17) is 5.11 Å². The number of urea groups is 1. The van der Waals surface area contributed by atoms with E-state index in [1.807, 2.05) is 34.6 Å². The van der Waals surface area contributed by atoms with Gasteiger partial charge in [0.15, 0.2) is 0 Å². The number of carboxylic acid groups (broad SMARTS) is 1. The first-order valence-electron chi connectivity index (χ1n) is 6.15. The Bertz CT molecular complexity index is 266. The summed E-state index contributed by atoms with van der Waals surface area (Å²) < 4.78 is 0. The second-order valence-corrected chi connectivity index (χ2v) is 4.53. The molecule has 2 atom stereocenters. The van der Waals surface area contributed by atoms with E-state index in [9.17, 15) is 9.59 Å². The minimum Gasteiger partial charge on any atom is -0.480 e. The molecular weight excluding hydrogens is 220 g/mol. The molecule has 0 heterocycles. The molecule has 0 bridgehead atoms. The summed E-state index contributed by atoms with van der Waals surface area (Å²) in [6.45, 7) is 9.98. The lowest BCUT2D eigenvalue weighted by Gasteiger charge is -2.28. The molecule has 2 N–H and O–H groups in total. The zero-order valence-electron chi connectivity index (χ0n) is 11.4. The number of nitrogens with zero attached hydrogens (tertiary/aromatic N) is 1. The molecule has 0 fully saturated rings. The molecule has 5 nitrogen and oxygen atoms in total. The molecule has 5 heteroatoms. The molecule has 0 aliphatic rings. The summed E-state index contributed by atoms with van der Waals surface area (Å²) in [5, 5.41) is 11.7. The molecule has 0 aliphatic heterocycles. The van der Waals surface area contributed by atoms with E-state index in [1.165, 1.54) is 0 Å². The van der Waals surface area contributed by atoms with Crippen LogP contribution in [0.2, 0.25) is 0 Å². The summed E-state index contributed by atoms with van der Waals surface area (Å²) in [7, 11) is 0. The summed E-state index contributed by atoms with van der Waals surface area (Å²) in [4.78, 5) is 24.6. The van der Waals surface area contributed by atoms with Crippen LogP contribution >= 0.6 is 0 Å². The highest BCUT2D eigenvalue weighted by molar-refractivity contribution is 5.82. The van der Waals surface area contributed by atoms with Gasteiger partial charge in [-0.2, -0.15) is 0 Å². The van der Waals surface area contributed by atoms with Crippen LogP contribution in [0.5, 0.6) is 0 Å². The number of rotatable bonds is 6. The predicted molar refractivity (Wildman–Crippen MR) is 66.9 cm³/mol. The number of hydrogen-bond donors (Lipinski definition) is 2. The first kappa shape index (κ1) is 15.7. The smallest absolute Gasteiger partial charge is 0.326 e. The van der Waals surface area contributed by atoms with E-state index in [-0.39, 0.29) is 18.0 Å². The van der Waals surface area contributed by atoms with Gasteiger partial charge in [0, 0.05) is 12.6 Å². The van der Waals surface area contributed by atoms with Crippen LogP contribution in [0.15, 0.2) is 0 Å². The van der Waals surface area contributed by atoms with Crippen molar-refractivity contribution in [2.24, 2.45) is 5.92 Å². The molecule has 100 valence electrons. The highest BCUT2D eigenvalue weighted by Crippen LogP contribution is 2.09. The summed E-state index contributed by atoms with van der Waals surface area (Å²) >= 11 is 0. The van der Waals surface area contributed by atoms with Crippen LogP contribution in [0.4, 0.5) is 4.79 Å². The molecular formula is C12H24N2O3. The number of aliphatic carboxylic acids is 1. The van der Waals surface area contributed by atoms with Gasteiger partial charge in [0.2, 0.25) is 0 Å². The van der Waals surface area contributed by atoms with Gasteiger partial charge in [-0.15, -0.1) is 0 Å². The molecule has 17 heavy (non-hydrogen) atoms. The molecule has 0 rings (SSSR count). The maximum absolute atomic E-state index is 11.9. The van der Waals surface area contributed by atoms with Gasteiger partial charge in [-0.1, -0.05) is 20.3 Å². The Balaban J connectivity index is 4.65. The van der Waals surface area contributed by atoms with Gasteiger partial charge in [0.25, 0.3) is 0 Å². The summed E-state index contributed by atoms with van der Waals surface area (Å²) in [6, 6.07) is -1.07. The van der Waals surface area contributed by atoms with Gasteiger partial charge >= 0.3 is 12.0 Å². The molecule has 0 aromatic heterocycles. The third-order valence-corrected chi connectivity index (χ3v) is 2.98. The largest absolute Gasteiger partial charge is 0.480 e. The zero-order valence-corrected chi connectivity index (χ0v) is 11.4. The topological polar surface area (TPSA) is 69.6 Å². The Morgan fingerprint density at radius 1 is 1.24 bits per heavy atom. The monoisotopic (exact) mass is 244 g/mol. The molecule has 0 radical (unpaired) electrons. The van der Waals surface area contributed by atoms with Crippen LogP contribution in [0.1, 0.15) is 41.0 Å². The molecule has 0 aromatic rings. The average molecular weight is 244 g/mol. The van der Waals surface area contributed by atoms with Crippen LogP contribution in [0.25, 0.3) is 0 Å². The third kappa shape index (κ3) is 4.63. The predicted octanol–water partition coefficient (Wildman–Crippen LogP) is 1.93. The lowest BCUT2D eigenvalue weighted by Crippen LogP contribution is -2.52. The van der Waals surface area contributed by atoms with Crippen LogP contribution in [-0.4, -0.2) is 40.6 Å². The quantitative estimate of drug-likeness (QED) is 0.750. The van der Waals surface area contributed by atoms with E-state index in [1.54, 1.807) is 4.90 Å². The Labute approximate surface area is 103 Å². The minimum absolute atomic E-state index is 0.0615. The lowest BCUT2D eigenvalue weighted by molar-refractivity contribution is -0.140. The second-order valence-electron chi connectivity index (χ2n) is 4.53. The SMILES string of the molecule is CCC(C)C(NC(=O)N(CC)C(C)C)C(=O)O. The Hall–Kier alpha value is -1.26. The first-order chi connectivity index (χ1) is 7.84. The molecule has 0 saturated carbocycles. The Morgan fingerprint density at radius 3 is 2.06 bits per heavy atom. The number of carbonyl (C=O) groups excluding carboxylic acids is 1. The fourth-order valence-electron chi connectivity index (χ4n) is 1.64. The van der Waals surface area contributed by atoms with Gasteiger partial charge in [0.1, 0.15) is 6.04 Å². The van der Waals surface area contributed by atoms with Gasteiger partial charge < -0.3 is 15.3 Å². The van der Waals surface area contributed by atoms with Gasteiger partial charge in [-0.05, 0) is 26.7 Å². The van der Waals surface area contributed by atoms with E-state index < -0.39 is 12.0 Å². The summed E-state index contributed by atoms with van der Waals surface area (Å²) in [5.74, 6) is -1.06. The van der Waals surface area contributed by atoms with E-state index >= 15 is 0 Å². The first-order valence-corrected chi connectivity index (χ1v) is 6.15. The zero-order chi connectivity index (χ0) is 13.6. The average Bonchev–Trinajstić information content (AvgIpc) is 2.24. The van der Waals surface area contributed by atoms with E-state index in [0.717, 1.165) is 0 Å². The number of nitrogens with one attached hydrogen (secondary N) is 1. The molecule has 0 spiro atoms. The maximum Gasteiger partial charge on any atom is 0.326 e. The van der Waals surface area contributed by atoms with Crippen molar-refractivity contribution in [3.63, 3.8) is 0 Å². The van der Waals surface area contributed by atoms with Crippen molar-refractivity contribution in [1.82, 2.24) is 10.2 Å². The highest BCUT2D eigenvalue weighted by atomic mass is 16.4. The van der Waals surface area contributed by atoms with E-state index in [0.29, 0.717) is 13.0 Å². The van der Waals surface area contributed by atoms with Crippen molar-refractivity contribution in [2.75, 3.05) is 6.54 Å². The minimum atomic E-state index is -0.979. The number of hydrogen-bond acceptors (Lipinski definition) is 2. The van der Waals surface area contributed by atoms with E-state index in [2.05, 4.69) is 5.32 Å². The molecule has 2 unspecified atom stereocenters. The molecule has 2 amide bonds. The van der Waals surface area contributed by atoms with Crippen molar-refractivity contribution in [3.8, 4) is 0 Å². The highest BCUT2D eigenvalue weighted by Gasteiger charge is 2.27. The molecule has 0 aromatic carbocycles. The number of carbonyl (C=O) groups is 2.